The number of halogens is 3. The number of hydrogen-bond donors (Lipinski definition) is 1. The van der Waals surface area contributed by atoms with Gasteiger partial charge in [-0.25, -0.2) is 13.1 Å². The van der Waals surface area contributed by atoms with Crippen LogP contribution in [-0.4, -0.2) is 51.0 Å². The molecule has 1 aromatic heterocycles. The number of rotatable bonds is 7. The summed E-state index contributed by atoms with van der Waals surface area (Å²) in [6.45, 7) is 0.643. The summed E-state index contributed by atoms with van der Waals surface area (Å²) < 4.78 is 73.4. The van der Waals surface area contributed by atoms with Crippen LogP contribution < -0.4 is 9.46 Å². The first-order valence-electron chi connectivity index (χ1n) is 10.7. The highest BCUT2D eigenvalue weighted by atomic mass is 32.2. The maximum Gasteiger partial charge on any atom is 0.573 e. The smallest absolute Gasteiger partial charge is 0.452 e. The van der Waals surface area contributed by atoms with E-state index in [9.17, 15) is 31.2 Å². The van der Waals surface area contributed by atoms with E-state index >= 15 is 0 Å². The van der Waals surface area contributed by atoms with Gasteiger partial charge in [-0.3, -0.25) is 9.59 Å². The van der Waals surface area contributed by atoms with E-state index in [0.29, 0.717) is 18.4 Å². The summed E-state index contributed by atoms with van der Waals surface area (Å²) in [6, 6.07) is 12.5. The van der Waals surface area contributed by atoms with Crippen molar-refractivity contribution >= 4 is 32.7 Å². The molecule has 0 aliphatic carbocycles. The van der Waals surface area contributed by atoms with E-state index in [1.165, 1.54) is 11.0 Å². The number of sulfonamides is 1. The number of carbonyl (C=O) groups is 2. The summed E-state index contributed by atoms with van der Waals surface area (Å²) in [5.74, 6) is -2.05. The molecule has 1 N–H and O–H groups in total. The minimum atomic E-state index is -4.87. The van der Waals surface area contributed by atoms with Crippen molar-refractivity contribution in [1.29, 1.82) is 0 Å². The van der Waals surface area contributed by atoms with Gasteiger partial charge in [0, 0.05) is 25.0 Å². The first-order valence-corrected chi connectivity index (χ1v) is 12.2. The molecule has 1 aliphatic heterocycles. The van der Waals surface area contributed by atoms with Crippen LogP contribution in [0, 0.1) is 5.92 Å². The van der Waals surface area contributed by atoms with Gasteiger partial charge in [-0.15, -0.1) is 13.2 Å². The summed E-state index contributed by atoms with van der Waals surface area (Å²) in [5, 5.41) is 0.720. The highest BCUT2D eigenvalue weighted by Gasteiger charge is 2.32. The molecular formula is C23H21F3N2O6S. The lowest BCUT2D eigenvalue weighted by Crippen LogP contribution is -2.44. The van der Waals surface area contributed by atoms with Gasteiger partial charge in [-0.05, 0) is 55.2 Å². The van der Waals surface area contributed by atoms with E-state index in [1.54, 1.807) is 24.3 Å². The zero-order valence-corrected chi connectivity index (χ0v) is 19.1. The number of Topliss-reactive ketones (excluding diaryl/α,β-unsaturated/α-hetero) is 1. The molecule has 1 saturated heterocycles. The minimum Gasteiger partial charge on any atom is -0.452 e. The van der Waals surface area contributed by atoms with E-state index < -0.39 is 33.8 Å². The lowest BCUT2D eigenvalue weighted by molar-refractivity contribution is -0.274. The molecule has 0 unspecified atom stereocenters. The molecule has 1 amide bonds. The Hall–Kier alpha value is -3.38. The second-order valence-electron chi connectivity index (χ2n) is 8.08. The van der Waals surface area contributed by atoms with Gasteiger partial charge >= 0.3 is 6.36 Å². The topological polar surface area (TPSA) is 106 Å². The fourth-order valence-corrected chi connectivity index (χ4v) is 4.93. The molecule has 8 nitrogen and oxygen atoms in total. The SMILES string of the molecule is O=C(C(=O)N1CCC(CNS(=O)(=O)c2ccc(OC(F)(F)F)cc2)CC1)c1cc2ccccc2o1. The van der Waals surface area contributed by atoms with Gasteiger partial charge in [0.2, 0.25) is 10.0 Å². The zero-order chi connectivity index (χ0) is 25.2. The summed E-state index contributed by atoms with van der Waals surface area (Å²) in [4.78, 5) is 26.4. The molecule has 35 heavy (non-hydrogen) atoms. The Bertz CT molecular complexity index is 1290. The highest BCUT2D eigenvalue weighted by molar-refractivity contribution is 7.89. The largest absolute Gasteiger partial charge is 0.573 e. The molecule has 1 fully saturated rings. The number of para-hydroxylation sites is 1. The van der Waals surface area contributed by atoms with Crippen molar-refractivity contribution < 1.29 is 40.3 Å². The Balaban J connectivity index is 1.28. The molecule has 4 rings (SSSR count). The van der Waals surface area contributed by atoms with Crippen molar-refractivity contribution in [2.45, 2.75) is 24.1 Å². The van der Waals surface area contributed by atoms with Crippen LogP contribution in [0.2, 0.25) is 0 Å². The molecule has 0 saturated carbocycles. The van der Waals surface area contributed by atoms with Crippen LogP contribution in [0.1, 0.15) is 23.4 Å². The molecule has 0 bridgehead atoms. The lowest BCUT2D eigenvalue weighted by atomic mass is 9.97. The molecule has 0 atom stereocenters. The number of hydrogen-bond acceptors (Lipinski definition) is 6. The predicted molar refractivity (Wildman–Crippen MR) is 118 cm³/mol. The van der Waals surface area contributed by atoms with E-state index in [4.69, 9.17) is 4.42 Å². The standard InChI is InChI=1S/C23H21F3N2O6S/c24-23(25,26)34-17-5-7-18(8-6-17)35(31,32)27-14-15-9-11-28(12-10-15)22(30)21(29)20-13-16-3-1-2-4-19(16)33-20/h1-8,13,15,27H,9-12,14H2. The van der Waals surface area contributed by atoms with Crippen LogP contribution in [0.5, 0.6) is 5.75 Å². The number of ketones is 1. The monoisotopic (exact) mass is 510 g/mol. The van der Waals surface area contributed by atoms with Crippen LogP contribution in [0.4, 0.5) is 13.2 Å². The van der Waals surface area contributed by atoms with E-state index in [-0.39, 0.29) is 36.2 Å². The summed E-state index contributed by atoms with van der Waals surface area (Å²) >= 11 is 0. The Morgan fingerprint density at radius 2 is 1.71 bits per heavy atom. The molecular weight excluding hydrogens is 489 g/mol. The number of nitrogens with one attached hydrogen (secondary N) is 1. The summed E-state index contributed by atoms with van der Waals surface area (Å²) in [5.41, 5.74) is 0.511. The molecule has 2 heterocycles. The molecule has 2 aromatic carbocycles. The van der Waals surface area contributed by atoms with Crippen LogP contribution >= 0.6 is 0 Å². The molecule has 1 aliphatic rings. The highest BCUT2D eigenvalue weighted by Crippen LogP contribution is 2.25. The van der Waals surface area contributed by atoms with Crippen LogP contribution in [-0.2, 0) is 14.8 Å². The number of fused-ring (bicyclic) bond motifs is 1. The fraction of sp³-hybridized carbons (Fsp3) is 0.304. The van der Waals surface area contributed by atoms with Crippen molar-refractivity contribution in [3.63, 3.8) is 0 Å². The fourth-order valence-electron chi connectivity index (χ4n) is 3.81. The first kappa shape index (κ1) is 24.7. The third-order valence-electron chi connectivity index (χ3n) is 5.67. The number of ether oxygens (including phenoxy) is 1. The number of benzene rings is 2. The Morgan fingerprint density at radius 3 is 2.34 bits per heavy atom. The van der Waals surface area contributed by atoms with Crippen molar-refractivity contribution in [3.8, 4) is 5.75 Å². The second kappa shape index (κ2) is 9.70. The third-order valence-corrected chi connectivity index (χ3v) is 7.11. The number of carbonyl (C=O) groups excluding carboxylic acids is 2. The van der Waals surface area contributed by atoms with Gasteiger partial charge in [-0.2, -0.15) is 0 Å². The molecule has 0 spiro atoms. The average molecular weight is 510 g/mol. The van der Waals surface area contributed by atoms with Gasteiger partial charge in [0.05, 0.1) is 4.90 Å². The Labute approximate surface area is 198 Å². The average Bonchev–Trinajstić information content (AvgIpc) is 3.26. The van der Waals surface area contributed by atoms with E-state index in [1.807, 2.05) is 0 Å². The molecule has 0 radical (unpaired) electrons. The van der Waals surface area contributed by atoms with E-state index in [0.717, 1.165) is 29.7 Å². The van der Waals surface area contributed by atoms with Gasteiger partial charge in [0.15, 0.2) is 5.76 Å². The minimum absolute atomic E-state index is 0.0299. The summed E-state index contributed by atoms with van der Waals surface area (Å²) in [7, 11) is -3.95. The van der Waals surface area contributed by atoms with Gasteiger partial charge in [-0.1, -0.05) is 18.2 Å². The Kier molecular flexibility index (Phi) is 6.86. The normalized spacial score (nSPS) is 15.3. The lowest BCUT2D eigenvalue weighted by Gasteiger charge is -2.31. The number of alkyl halides is 3. The van der Waals surface area contributed by atoms with Crippen molar-refractivity contribution in [2.24, 2.45) is 5.92 Å². The van der Waals surface area contributed by atoms with E-state index in [2.05, 4.69) is 9.46 Å². The molecule has 3 aromatic rings. The number of furan rings is 1. The van der Waals surface area contributed by atoms with Gasteiger partial charge < -0.3 is 14.1 Å². The number of likely N-dealkylation sites (tertiary alicyclic amines) is 1. The quantitative estimate of drug-likeness (QED) is 0.384. The maximum atomic E-state index is 12.6. The van der Waals surface area contributed by atoms with Gasteiger partial charge in [0.1, 0.15) is 11.3 Å². The van der Waals surface area contributed by atoms with Crippen molar-refractivity contribution in [3.05, 3.63) is 60.4 Å². The third kappa shape index (κ3) is 6.01. The number of amides is 1. The van der Waals surface area contributed by atoms with Crippen molar-refractivity contribution in [2.75, 3.05) is 19.6 Å². The second-order valence-corrected chi connectivity index (χ2v) is 9.85. The maximum absolute atomic E-state index is 12.6. The van der Waals surface area contributed by atoms with Crippen molar-refractivity contribution in [1.82, 2.24) is 9.62 Å². The molecule has 186 valence electrons. The van der Waals surface area contributed by atoms with Crippen LogP contribution in [0.3, 0.4) is 0 Å². The number of piperidine rings is 1. The molecule has 12 heteroatoms. The first-order chi connectivity index (χ1) is 16.5. The van der Waals surface area contributed by atoms with Crippen LogP contribution in [0.25, 0.3) is 11.0 Å². The van der Waals surface area contributed by atoms with Crippen LogP contribution in [0.15, 0.2) is 63.9 Å². The predicted octanol–water partition coefficient (Wildman–Crippen LogP) is 3.73. The summed E-state index contributed by atoms with van der Waals surface area (Å²) in [6.07, 6.45) is -3.92. The number of nitrogens with zero attached hydrogens (tertiary/aromatic N) is 1. The Morgan fingerprint density at radius 1 is 1.06 bits per heavy atom. The zero-order valence-electron chi connectivity index (χ0n) is 18.2. The van der Waals surface area contributed by atoms with Gasteiger partial charge in [0.25, 0.3) is 11.7 Å².